The fourth-order valence-electron chi connectivity index (χ4n) is 1.28. The second kappa shape index (κ2) is 3.61. The lowest BCUT2D eigenvalue weighted by atomic mass is 10.3. The summed E-state index contributed by atoms with van der Waals surface area (Å²) in [5, 5.41) is 7.83. The van der Waals surface area contributed by atoms with Gasteiger partial charge in [0.15, 0.2) is 5.82 Å². The lowest BCUT2D eigenvalue weighted by Gasteiger charge is -2.04. The van der Waals surface area contributed by atoms with Crippen LogP contribution in [0.1, 0.15) is 5.69 Å². The van der Waals surface area contributed by atoms with Gasteiger partial charge in [0, 0.05) is 0 Å². The molecule has 0 saturated carbocycles. The smallest absolute Gasteiger partial charge is 0.150 e. The van der Waals surface area contributed by atoms with Gasteiger partial charge in [-0.25, -0.2) is 0 Å². The van der Waals surface area contributed by atoms with Crippen molar-refractivity contribution in [3.63, 3.8) is 0 Å². The highest BCUT2D eigenvalue weighted by Gasteiger charge is 2.06. The highest BCUT2D eigenvalue weighted by molar-refractivity contribution is 5.45. The molecule has 1 aromatic heterocycles. The number of aryl methyl sites for hydroxylation is 1. The van der Waals surface area contributed by atoms with E-state index in [0.717, 1.165) is 17.1 Å². The molecule has 1 aromatic carbocycles. The Labute approximate surface area is 87.5 Å². The number of nitrogens with two attached hydrogens (primary N) is 1. The van der Waals surface area contributed by atoms with Crippen molar-refractivity contribution >= 4 is 5.82 Å². The first-order valence-electron chi connectivity index (χ1n) is 4.54. The number of hydrogen-bond acceptors (Lipinski definition) is 4. The average Bonchev–Trinajstić information content (AvgIpc) is 2.60. The van der Waals surface area contributed by atoms with Crippen LogP contribution in [0.15, 0.2) is 24.3 Å². The molecule has 0 atom stereocenters. The average molecular weight is 204 g/mol. The molecule has 0 bridgehead atoms. The van der Waals surface area contributed by atoms with Gasteiger partial charge in [-0.1, -0.05) is 5.21 Å². The van der Waals surface area contributed by atoms with E-state index in [1.54, 1.807) is 11.8 Å². The Morgan fingerprint density at radius 3 is 2.40 bits per heavy atom. The Balaban J connectivity index is 2.41. The number of rotatable bonds is 2. The number of aromatic nitrogens is 3. The number of ether oxygens (including phenoxy) is 1. The van der Waals surface area contributed by atoms with Crippen LogP contribution in [0.25, 0.3) is 5.69 Å². The van der Waals surface area contributed by atoms with Crippen LogP contribution in [-0.2, 0) is 0 Å². The maximum Gasteiger partial charge on any atom is 0.150 e. The van der Waals surface area contributed by atoms with E-state index in [4.69, 9.17) is 10.5 Å². The molecular formula is C10H12N4O. The molecule has 0 spiro atoms. The van der Waals surface area contributed by atoms with Crippen molar-refractivity contribution in [2.75, 3.05) is 12.8 Å². The maximum atomic E-state index is 5.81. The molecule has 0 fully saturated rings. The lowest BCUT2D eigenvalue weighted by Crippen LogP contribution is -2.02. The van der Waals surface area contributed by atoms with Gasteiger partial charge in [0.2, 0.25) is 0 Å². The summed E-state index contributed by atoms with van der Waals surface area (Å²) in [5.41, 5.74) is 7.41. The largest absolute Gasteiger partial charge is 0.497 e. The Bertz CT molecular complexity index is 461. The van der Waals surface area contributed by atoms with Gasteiger partial charge in [0.25, 0.3) is 0 Å². The summed E-state index contributed by atoms with van der Waals surface area (Å²) < 4.78 is 6.66. The molecule has 0 amide bonds. The van der Waals surface area contributed by atoms with Gasteiger partial charge in [0.1, 0.15) is 11.4 Å². The molecule has 0 aliphatic rings. The van der Waals surface area contributed by atoms with E-state index >= 15 is 0 Å². The second-order valence-corrected chi connectivity index (χ2v) is 3.17. The van der Waals surface area contributed by atoms with Crippen molar-refractivity contribution in [1.29, 1.82) is 0 Å². The number of nitrogen functional groups attached to an aromatic ring is 1. The van der Waals surface area contributed by atoms with Crippen LogP contribution in [-0.4, -0.2) is 22.1 Å². The number of nitrogens with zero attached hydrogens (tertiary/aromatic N) is 3. The van der Waals surface area contributed by atoms with Crippen LogP contribution in [0.3, 0.4) is 0 Å². The molecular weight excluding hydrogens is 192 g/mol. The van der Waals surface area contributed by atoms with Crippen LogP contribution in [0.5, 0.6) is 5.75 Å². The van der Waals surface area contributed by atoms with Crippen LogP contribution >= 0.6 is 0 Å². The molecule has 5 heteroatoms. The van der Waals surface area contributed by atoms with Crippen molar-refractivity contribution in [2.45, 2.75) is 6.92 Å². The summed E-state index contributed by atoms with van der Waals surface area (Å²) in [5.74, 6) is 1.36. The molecule has 5 nitrogen and oxygen atoms in total. The minimum absolute atomic E-state index is 0.556. The Kier molecular flexibility index (Phi) is 2.29. The van der Waals surface area contributed by atoms with Gasteiger partial charge >= 0.3 is 0 Å². The monoisotopic (exact) mass is 204 g/mol. The first-order valence-corrected chi connectivity index (χ1v) is 4.54. The van der Waals surface area contributed by atoms with Gasteiger partial charge in [-0.15, -0.1) is 5.10 Å². The Hall–Kier alpha value is -2.04. The van der Waals surface area contributed by atoms with Gasteiger partial charge in [-0.2, -0.15) is 4.68 Å². The SMILES string of the molecule is COc1ccc(-n2nnc(C)c2N)cc1. The summed E-state index contributed by atoms with van der Waals surface area (Å²) in [6.45, 7) is 1.82. The van der Waals surface area contributed by atoms with E-state index in [0.29, 0.717) is 5.82 Å². The van der Waals surface area contributed by atoms with E-state index in [9.17, 15) is 0 Å². The van der Waals surface area contributed by atoms with E-state index in [1.807, 2.05) is 31.2 Å². The molecule has 15 heavy (non-hydrogen) atoms. The third-order valence-corrected chi connectivity index (χ3v) is 2.20. The minimum atomic E-state index is 0.556. The zero-order chi connectivity index (χ0) is 10.8. The zero-order valence-corrected chi connectivity index (χ0v) is 8.64. The first kappa shape index (κ1) is 9.51. The fourth-order valence-corrected chi connectivity index (χ4v) is 1.28. The fraction of sp³-hybridized carbons (Fsp3) is 0.200. The van der Waals surface area contributed by atoms with Gasteiger partial charge in [0.05, 0.1) is 12.8 Å². The molecule has 78 valence electrons. The van der Waals surface area contributed by atoms with Gasteiger partial charge < -0.3 is 10.5 Å². The van der Waals surface area contributed by atoms with Crippen LogP contribution in [0, 0.1) is 6.92 Å². The van der Waals surface area contributed by atoms with Crippen molar-refractivity contribution in [1.82, 2.24) is 15.0 Å². The summed E-state index contributed by atoms with van der Waals surface area (Å²) in [6, 6.07) is 7.46. The number of benzene rings is 1. The van der Waals surface area contributed by atoms with Gasteiger partial charge in [-0.05, 0) is 31.2 Å². The highest BCUT2D eigenvalue weighted by Crippen LogP contribution is 2.17. The van der Waals surface area contributed by atoms with Crippen molar-refractivity contribution in [2.24, 2.45) is 0 Å². The number of methoxy groups -OCH3 is 1. The quantitative estimate of drug-likeness (QED) is 0.797. The molecule has 0 aliphatic carbocycles. The summed E-state index contributed by atoms with van der Waals surface area (Å²) in [4.78, 5) is 0. The maximum absolute atomic E-state index is 5.81. The van der Waals surface area contributed by atoms with Crippen molar-refractivity contribution in [3.05, 3.63) is 30.0 Å². The van der Waals surface area contributed by atoms with Crippen LogP contribution < -0.4 is 10.5 Å². The Morgan fingerprint density at radius 2 is 1.93 bits per heavy atom. The third kappa shape index (κ3) is 1.63. The van der Waals surface area contributed by atoms with Crippen molar-refractivity contribution in [3.8, 4) is 11.4 Å². The van der Waals surface area contributed by atoms with Crippen molar-refractivity contribution < 1.29 is 4.74 Å². The molecule has 2 rings (SSSR count). The normalized spacial score (nSPS) is 10.3. The summed E-state index contributed by atoms with van der Waals surface area (Å²) >= 11 is 0. The highest BCUT2D eigenvalue weighted by atomic mass is 16.5. The standard InChI is InChI=1S/C10H12N4O/c1-7-10(11)14(13-12-7)8-3-5-9(15-2)6-4-8/h3-6H,11H2,1-2H3. The summed E-state index contributed by atoms with van der Waals surface area (Å²) in [6.07, 6.45) is 0. The number of anilines is 1. The zero-order valence-electron chi connectivity index (χ0n) is 8.64. The molecule has 0 radical (unpaired) electrons. The first-order chi connectivity index (χ1) is 7.22. The second-order valence-electron chi connectivity index (χ2n) is 3.17. The molecule has 0 saturated heterocycles. The predicted octanol–water partition coefficient (Wildman–Crippen LogP) is 1.17. The van der Waals surface area contributed by atoms with E-state index < -0.39 is 0 Å². The van der Waals surface area contributed by atoms with Crippen LogP contribution in [0.4, 0.5) is 5.82 Å². The minimum Gasteiger partial charge on any atom is -0.497 e. The third-order valence-electron chi connectivity index (χ3n) is 2.20. The molecule has 2 aromatic rings. The molecule has 0 unspecified atom stereocenters. The van der Waals surface area contributed by atoms with Crippen LogP contribution in [0.2, 0.25) is 0 Å². The van der Waals surface area contributed by atoms with E-state index in [1.165, 1.54) is 0 Å². The molecule has 1 heterocycles. The topological polar surface area (TPSA) is 66.0 Å². The molecule has 0 aliphatic heterocycles. The van der Waals surface area contributed by atoms with E-state index in [2.05, 4.69) is 10.3 Å². The number of hydrogen-bond donors (Lipinski definition) is 1. The lowest BCUT2D eigenvalue weighted by molar-refractivity contribution is 0.414. The Morgan fingerprint density at radius 1 is 1.27 bits per heavy atom. The molecule has 2 N–H and O–H groups in total. The van der Waals surface area contributed by atoms with E-state index in [-0.39, 0.29) is 0 Å². The predicted molar refractivity (Wildman–Crippen MR) is 57.1 cm³/mol. The van der Waals surface area contributed by atoms with Gasteiger partial charge in [-0.3, -0.25) is 0 Å². The summed E-state index contributed by atoms with van der Waals surface area (Å²) in [7, 11) is 1.63.